The molecule has 2 N–H and O–H groups in total. The first-order valence-corrected chi connectivity index (χ1v) is 8.71. The Morgan fingerprint density at radius 1 is 0.931 bits per heavy atom. The molecule has 0 atom stereocenters. The van der Waals surface area contributed by atoms with E-state index in [1.54, 1.807) is 72.8 Å². The van der Waals surface area contributed by atoms with Gasteiger partial charge in [-0.3, -0.25) is 0 Å². The third kappa shape index (κ3) is 3.82. The maximum atomic E-state index is 12.4. The van der Waals surface area contributed by atoms with E-state index in [0.29, 0.717) is 33.4 Å². The third-order valence-corrected chi connectivity index (χ3v) is 4.21. The quantitative estimate of drug-likeness (QED) is 0.547. The van der Waals surface area contributed by atoms with Crippen LogP contribution in [-0.2, 0) is 0 Å². The predicted molar refractivity (Wildman–Crippen MR) is 110 cm³/mol. The van der Waals surface area contributed by atoms with Gasteiger partial charge in [-0.25, -0.2) is 14.6 Å². The first kappa shape index (κ1) is 17.9. The Balaban J connectivity index is 1.62. The molecule has 0 saturated heterocycles. The molecule has 140 valence electrons. The zero-order chi connectivity index (χ0) is 20.2. The summed E-state index contributed by atoms with van der Waals surface area (Å²) in [5.74, 6) is 0.114. The smallest absolute Gasteiger partial charge is 0.347 e. The van der Waals surface area contributed by atoms with Crippen LogP contribution in [0.5, 0.6) is 0 Å². The van der Waals surface area contributed by atoms with Crippen molar-refractivity contribution in [1.82, 2.24) is 4.98 Å². The lowest BCUT2D eigenvalue weighted by molar-refractivity contribution is 0.262. The number of amides is 2. The normalized spacial score (nSPS) is 10.3. The Morgan fingerprint density at radius 2 is 1.66 bits per heavy atom. The van der Waals surface area contributed by atoms with Crippen molar-refractivity contribution in [2.75, 3.05) is 10.6 Å². The molecule has 0 aliphatic heterocycles. The fraction of sp³-hybridized carbons (Fsp3) is 0. The van der Waals surface area contributed by atoms with Gasteiger partial charge in [0.1, 0.15) is 0 Å². The van der Waals surface area contributed by atoms with Crippen molar-refractivity contribution in [2.45, 2.75) is 0 Å². The molecule has 1 heterocycles. The third-order valence-electron chi connectivity index (χ3n) is 4.21. The van der Waals surface area contributed by atoms with Crippen LogP contribution in [0.15, 0.2) is 82.0 Å². The van der Waals surface area contributed by atoms with Gasteiger partial charge in [-0.15, -0.1) is 0 Å². The number of nitrogens with one attached hydrogen (secondary N) is 2. The predicted octanol–water partition coefficient (Wildman–Crippen LogP) is 4.37. The maximum Gasteiger partial charge on any atom is 0.347 e. The van der Waals surface area contributed by atoms with Gasteiger partial charge in [0.25, 0.3) is 0 Å². The second-order valence-electron chi connectivity index (χ2n) is 6.14. The molecule has 4 rings (SSSR count). The highest BCUT2D eigenvalue weighted by molar-refractivity contribution is 6.02. The van der Waals surface area contributed by atoms with E-state index in [2.05, 4.69) is 15.6 Å². The van der Waals surface area contributed by atoms with Crippen molar-refractivity contribution in [3.05, 3.63) is 88.8 Å². The van der Waals surface area contributed by atoms with Crippen molar-refractivity contribution in [1.29, 1.82) is 5.26 Å². The van der Waals surface area contributed by atoms with E-state index < -0.39 is 11.7 Å². The Bertz CT molecular complexity index is 1300. The molecule has 0 fully saturated rings. The first-order valence-electron chi connectivity index (χ1n) is 8.71. The molecular formula is C22H14N4O3. The van der Waals surface area contributed by atoms with E-state index >= 15 is 0 Å². The van der Waals surface area contributed by atoms with Crippen molar-refractivity contribution in [2.24, 2.45) is 0 Å². The number of para-hydroxylation sites is 2. The number of fused-ring (bicyclic) bond motifs is 1. The number of nitriles is 1. The summed E-state index contributed by atoms with van der Waals surface area (Å²) in [6.45, 7) is 0. The van der Waals surface area contributed by atoms with Crippen LogP contribution < -0.4 is 16.3 Å². The zero-order valence-corrected chi connectivity index (χ0v) is 15.0. The minimum Gasteiger partial charge on any atom is -0.403 e. The highest BCUT2D eigenvalue weighted by atomic mass is 16.4. The first-order chi connectivity index (χ1) is 14.1. The molecule has 2 amide bonds. The van der Waals surface area contributed by atoms with Gasteiger partial charge in [-0.2, -0.15) is 5.26 Å². The molecule has 29 heavy (non-hydrogen) atoms. The largest absolute Gasteiger partial charge is 0.403 e. The number of hydrogen-bond donors (Lipinski definition) is 2. The van der Waals surface area contributed by atoms with Crippen LogP contribution in [0.1, 0.15) is 5.56 Å². The van der Waals surface area contributed by atoms with Gasteiger partial charge in [0.05, 0.1) is 33.8 Å². The van der Waals surface area contributed by atoms with Crippen LogP contribution >= 0.6 is 0 Å². The van der Waals surface area contributed by atoms with Crippen LogP contribution in [0.25, 0.3) is 22.4 Å². The number of rotatable bonds is 3. The van der Waals surface area contributed by atoms with Crippen molar-refractivity contribution in [3.63, 3.8) is 0 Å². The lowest BCUT2D eigenvalue weighted by Gasteiger charge is -2.11. The van der Waals surface area contributed by atoms with Crippen LogP contribution in [0, 0.1) is 11.3 Å². The molecule has 7 nitrogen and oxygen atoms in total. The van der Waals surface area contributed by atoms with E-state index in [0.717, 1.165) is 0 Å². The average Bonchev–Trinajstić information content (AvgIpc) is 2.74. The average molecular weight is 382 g/mol. The molecule has 0 bridgehead atoms. The summed E-state index contributed by atoms with van der Waals surface area (Å²) in [6.07, 6.45) is 0. The van der Waals surface area contributed by atoms with Gasteiger partial charge in [-0.05, 0) is 48.5 Å². The van der Waals surface area contributed by atoms with E-state index in [4.69, 9.17) is 9.68 Å². The van der Waals surface area contributed by atoms with Crippen molar-refractivity contribution >= 4 is 28.3 Å². The second kappa shape index (κ2) is 7.66. The number of aromatic nitrogens is 1. The van der Waals surface area contributed by atoms with E-state index in [9.17, 15) is 9.59 Å². The van der Waals surface area contributed by atoms with Gasteiger partial charge >= 0.3 is 11.7 Å². The molecule has 0 unspecified atom stereocenters. The number of urea groups is 1. The highest BCUT2D eigenvalue weighted by Gasteiger charge is 2.14. The monoisotopic (exact) mass is 382 g/mol. The van der Waals surface area contributed by atoms with E-state index in [1.165, 1.54) is 0 Å². The fourth-order valence-electron chi connectivity index (χ4n) is 2.83. The summed E-state index contributed by atoms with van der Waals surface area (Å²) in [7, 11) is 0. The summed E-state index contributed by atoms with van der Waals surface area (Å²) in [5.41, 5.74) is 1.96. The fourth-order valence-corrected chi connectivity index (χ4v) is 2.83. The molecule has 7 heteroatoms. The van der Waals surface area contributed by atoms with E-state index in [-0.39, 0.29) is 5.89 Å². The number of benzene rings is 3. The maximum absolute atomic E-state index is 12.4. The Labute approximate surface area is 165 Å². The highest BCUT2D eigenvalue weighted by Crippen LogP contribution is 2.27. The minimum absolute atomic E-state index is 0.114. The molecule has 0 aliphatic rings. The zero-order valence-electron chi connectivity index (χ0n) is 15.0. The molecule has 4 aromatic rings. The van der Waals surface area contributed by atoms with Crippen LogP contribution in [0.2, 0.25) is 0 Å². The summed E-state index contributed by atoms with van der Waals surface area (Å²) in [4.78, 5) is 29.1. The lowest BCUT2D eigenvalue weighted by atomic mass is 10.1. The van der Waals surface area contributed by atoms with Crippen LogP contribution in [-0.4, -0.2) is 11.0 Å². The van der Waals surface area contributed by atoms with Gasteiger partial charge < -0.3 is 15.1 Å². The summed E-state index contributed by atoms with van der Waals surface area (Å²) in [5, 5.41) is 14.7. The molecular weight excluding hydrogens is 368 g/mol. The number of carbonyl (C=O) groups excluding carboxylic acids is 1. The second-order valence-corrected chi connectivity index (χ2v) is 6.14. The summed E-state index contributed by atoms with van der Waals surface area (Å²) < 4.78 is 5.37. The SMILES string of the molecule is N#Cc1ccc(NC(=O)Nc2ccccc2-c2nc3ccccc3c(=O)o2)cc1. The lowest BCUT2D eigenvalue weighted by Crippen LogP contribution is -2.20. The van der Waals surface area contributed by atoms with Gasteiger partial charge in [0, 0.05) is 5.69 Å². The molecule has 0 radical (unpaired) electrons. The van der Waals surface area contributed by atoms with E-state index in [1.807, 2.05) is 6.07 Å². The molecule has 3 aromatic carbocycles. The Morgan fingerprint density at radius 3 is 2.45 bits per heavy atom. The number of carbonyl (C=O) groups is 1. The molecule has 1 aromatic heterocycles. The number of anilines is 2. The van der Waals surface area contributed by atoms with Crippen molar-refractivity contribution < 1.29 is 9.21 Å². The number of nitrogens with zero attached hydrogens (tertiary/aromatic N) is 2. The van der Waals surface area contributed by atoms with Crippen LogP contribution in [0.4, 0.5) is 16.2 Å². The minimum atomic E-state index is -0.498. The van der Waals surface area contributed by atoms with Gasteiger partial charge in [0.15, 0.2) is 0 Å². The topological polar surface area (TPSA) is 108 Å². The van der Waals surface area contributed by atoms with Gasteiger partial charge in [-0.1, -0.05) is 24.3 Å². The van der Waals surface area contributed by atoms with Crippen molar-refractivity contribution in [3.8, 4) is 17.5 Å². The number of hydrogen-bond acceptors (Lipinski definition) is 5. The van der Waals surface area contributed by atoms with Crippen LogP contribution in [0.3, 0.4) is 0 Å². The molecule has 0 spiro atoms. The summed E-state index contributed by atoms with van der Waals surface area (Å²) >= 11 is 0. The molecule has 0 aliphatic carbocycles. The summed E-state index contributed by atoms with van der Waals surface area (Å²) in [6, 6.07) is 21.8. The molecule has 0 saturated carbocycles. The standard InChI is InChI=1S/C22H14N4O3/c23-13-14-9-11-15(12-10-14)24-22(28)26-18-7-3-1-5-16(18)20-25-19-8-4-2-6-17(19)21(27)29-20/h1-12H,(H2,24,26,28). The Hall–Kier alpha value is -4.44. The van der Waals surface area contributed by atoms with Gasteiger partial charge in [0.2, 0.25) is 5.89 Å². The Kier molecular flexibility index (Phi) is 4.74.